The molecule has 0 saturated carbocycles. The third-order valence-corrected chi connectivity index (χ3v) is 4.71. The van der Waals surface area contributed by atoms with Crippen LogP contribution < -0.4 is 5.32 Å². The first-order chi connectivity index (χ1) is 11.4. The molecule has 24 heavy (non-hydrogen) atoms. The minimum absolute atomic E-state index is 0.144. The average molecular weight is 348 g/mol. The Morgan fingerprint density at radius 1 is 1.29 bits per heavy atom. The SMILES string of the molecule is CC(C)(C(=O)Nc1cc(CSCCO)ccn1)c1ccc(F)cc1. The van der Waals surface area contributed by atoms with Gasteiger partial charge in [-0.25, -0.2) is 9.37 Å². The molecule has 2 rings (SSSR count). The van der Waals surface area contributed by atoms with E-state index < -0.39 is 5.41 Å². The van der Waals surface area contributed by atoms with Crippen LogP contribution in [0, 0.1) is 5.82 Å². The number of aliphatic hydroxyl groups excluding tert-OH is 1. The number of hydrogen-bond acceptors (Lipinski definition) is 4. The minimum Gasteiger partial charge on any atom is -0.396 e. The van der Waals surface area contributed by atoms with Crippen molar-refractivity contribution in [1.29, 1.82) is 0 Å². The lowest BCUT2D eigenvalue weighted by molar-refractivity contribution is -0.120. The van der Waals surface area contributed by atoms with Gasteiger partial charge in [-0.05, 0) is 49.2 Å². The number of anilines is 1. The number of carbonyl (C=O) groups is 1. The number of hydrogen-bond donors (Lipinski definition) is 2. The standard InChI is InChI=1S/C18H21FN2O2S/c1-18(2,14-3-5-15(19)6-4-14)17(23)21-16-11-13(7-8-20-16)12-24-10-9-22/h3-8,11,22H,9-10,12H2,1-2H3,(H,20,21,23). The van der Waals surface area contributed by atoms with Crippen molar-refractivity contribution in [1.82, 2.24) is 4.98 Å². The van der Waals surface area contributed by atoms with Gasteiger partial charge < -0.3 is 10.4 Å². The van der Waals surface area contributed by atoms with Crippen LogP contribution in [-0.4, -0.2) is 28.4 Å². The summed E-state index contributed by atoms with van der Waals surface area (Å²) in [6.45, 7) is 3.72. The maximum atomic E-state index is 13.1. The summed E-state index contributed by atoms with van der Waals surface area (Å²) in [5.74, 6) is 1.36. The Labute approximate surface area is 145 Å². The highest BCUT2D eigenvalue weighted by atomic mass is 32.2. The molecule has 128 valence electrons. The van der Waals surface area contributed by atoms with Gasteiger partial charge in [-0.15, -0.1) is 0 Å². The number of halogens is 1. The molecule has 1 heterocycles. The van der Waals surface area contributed by atoms with Crippen molar-refractivity contribution in [2.45, 2.75) is 25.0 Å². The van der Waals surface area contributed by atoms with Crippen molar-refractivity contribution in [3.8, 4) is 0 Å². The molecule has 0 aliphatic heterocycles. The molecule has 0 aliphatic carbocycles. The third kappa shape index (κ3) is 4.79. The minimum atomic E-state index is -0.809. The maximum Gasteiger partial charge on any atom is 0.235 e. The Morgan fingerprint density at radius 3 is 2.67 bits per heavy atom. The van der Waals surface area contributed by atoms with Crippen LogP contribution in [0.25, 0.3) is 0 Å². The fourth-order valence-electron chi connectivity index (χ4n) is 2.16. The van der Waals surface area contributed by atoms with E-state index in [2.05, 4.69) is 10.3 Å². The van der Waals surface area contributed by atoms with Gasteiger partial charge in [0, 0.05) is 17.7 Å². The first-order valence-electron chi connectivity index (χ1n) is 7.64. The summed E-state index contributed by atoms with van der Waals surface area (Å²) >= 11 is 1.61. The predicted molar refractivity (Wildman–Crippen MR) is 95.5 cm³/mol. The summed E-state index contributed by atoms with van der Waals surface area (Å²) in [7, 11) is 0. The van der Waals surface area contributed by atoms with Gasteiger partial charge in [-0.1, -0.05) is 12.1 Å². The Hall–Kier alpha value is -1.92. The second-order valence-corrected chi connectivity index (χ2v) is 7.02. The molecule has 2 aromatic rings. The molecular weight excluding hydrogens is 327 g/mol. The highest BCUT2D eigenvalue weighted by Gasteiger charge is 2.30. The van der Waals surface area contributed by atoms with Gasteiger partial charge >= 0.3 is 0 Å². The van der Waals surface area contributed by atoms with Gasteiger partial charge in [-0.2, -0.15) is 11.8 Å². The highest BCUT2D eigenvalue weighted by molar-refractivity contribution is 7.98. The Morgan fingerprint density at radius 2 is 2.00 bits per heavy atom. The number of aliphatic hydroxyl groups is 1. The van der Waals surface area contributed by atoms with E-state index in [1.165, 1.54) is 12.1 Å². The van der Waals surface area contributed by atoms with E-state index in [4.69, 9.17) is 5.11 Å². The number of nitrogens with one attached hydrogen (secondary N) is 1. The molecule has 6 heteroatoms. The van der Waals surface area contributed by atoms with Gasteiger partial charge in [0.15, 0.2) is 0 Å². The Kier molecular flexibility index (Phi) is 6.34. The van der Waals surface area contributed by atoms with E-state index in [-0.39, 0.29) is 18.3 Å². The molecule has 0 fully saturated rings. The fourth-order valence-corrected chi connectivity index (χ4v) is 2.85. The van der Waals surface area contributed by atoms with Gasteiger partial charge in [0.25, 0.3) is 0 Å². The first-order valence-corrected chi connectivity index (χ1v) is 8.80. The summed E-state index contributed by atoms with van der Waals surface area (Å²) < 4.78 is 13.1. The van der Waals surface area contributed by atoms with Gasteiger partial charge in [0.1, 0.15) is 11.6 Å². The number of amides is 1. The smallest absolute Gasteiger partial charge is 0.235 e. The van der Waals surface area contributed by atoms with E-state index in [9.17, 15) is 9.18 Å². The normalized spacial score (nSPS) is 11.3. The first kappa shape index (κ1) is 18.4. The van der Waals surface area contributed by atoms with Crippen molar-refractivity contribution in [2.24, 2.45) is 0 Å². The summed E-state index contributed by atoms with van der Waals surface area (Å²) in [5.41, 5.74) is 0.950. The number of aromatic nitrogens is 1. The monoisotopic (exact) mass is 348 g/mol. The molecule has 4 nitrogen and oxygen atoms in total. The number of rotatable bonds is 7. The van der Waals surface area contributed by atoms with Crippen LogP contribution in [0.1, 0.15) is 25.0 Å². The fraction of sp³-hybridized carbons (Fsp3) is 0.333. The van der Waals surface area contributed by atoms with Crippen molar-refractivity contribution in [2.75, 3.05) is 17.7 Å². The highest BCUT2D eigenvalue weighted by Crippen LogP contribution is 2.25. The maximum absolute atomic E-state index is 13.1. The second-order valence-electron chi connectivity index (χ2n) is 5.91. The van der Waals surface area contributed by atoms with E-state index in [1.807, 2.05) is 12.1 Å². The van der Waals surface area contributed by atoms with Crippen molar-refractivity contribution >= 4 is 23.5 Å². The van der Waals surface area contributed by atoms with Crippen LogP contribution in [0.2, 0.25) is 0 Å². The molecule has 0 unspecified atom stereocenters. The van der Waals surface area contributed by atoms with E-state index in [0.717, 1.165) is 16.9 Å². The van der Waals surface area contributed by atoms with Crippen molar-refractivity contribution in [3.63, 3.8) is 0 Å². The quantitative estimate of drug-likeness (QED) is 0.753. The van der Waals surface area contributed by atoms with Crippen LogP contribution in [0.5, 0.6) is 0 Å². The van der Waals surface area contributed by atoms with Crippen molar-refractivity contribution in [3.05, 3.63) is 59.5 Å². The van der Waals surface area contributed by atoms with Crippen molar-refractivity contribution < 1.29 is 14.3 Å². The topological polar surface area (TPSA) is 62.2 Å². The lowest BCUT2D eigenvalue weighted by Crippen LogP contribution is -2.35. The number of nitrogens with zero attached hydrogens (tertiary/aromatic N) is 1. The Bertz CT molecular complexity index is 690. The van der Waals surface area contributed by atoms with E-state index >= 15 is 0 Å². The van der Waals surface area contributed by atoms with Crippen LogP contribution in [0.15, 0.2) is 42.6 Å². The van der Waals surface area contributed by atoms with Gasteiger partial charge in [-0.3, -0.25) is 4.79 Å². The number of pyridine rings is 1. The molecule has 1 aromatic carbocycles. The van der Waals surface area contributed by atoms with Crippen LogP contribution in [0.3, 0.4) is 0 Å². The Balaban J connectivity index is 2.08. The largest absolute Gasteiger partial charge is 0.396 e. The summed E-state index contributed by atoms with van der Waals surface area (Å²) in [4.78, 5) is 16.8. The van der Waals surface area contributed by atoms with Gasteiger partial charge in [0.2, 0.25) is 5.91 Å². The van der Waals surface area contributed by atoms with Crippen LogP contribution in [-0.2, 0) is 16.0 Å². The zero-order valence-electron chi connectivity index (χ0n) is 13.8. The molecule has 0 saturated heterocycles. The van der Waals surface area contributed by atoms with Crippen LogP contribution in [0.4, 0.5) is 10.2 Å². The number of carbonyl (C=O) groups excluding carboxylic acids is 1. The molecule has 0 radical (unpaired) electrons. The predicted octanol–water partition coefficient (Wildman–Crippen LogP) is 3.36. The molecular formula is C18H21FN2O2S. The van der Waals surface area contributed by atoms with Gasteiger partial charge in [0.05, 0.1) is 12.0 Å². The van der Waals surface area contributed by atoms with Crippen LogP contribution >= 0.6 is 11.8 Å². The molecule has 0 atom stereocenters. The summed E-state index contributed by atoms with van der Waals surface area (Å²) in [6.07, 6.45) is 1.65. The average Bonchev–Trinajstić information content (AvgIpc) is 2.56. The third-order valence-electron chi connectivity index (χ3n) is 3.70. The lowest BCUT2D eigenvalue weighted by atomic mass is 9.83. The van der Waals surface area contributed by atoms with E-state index in [1.54, 1.807) is 43.9 Å². The zero-order chi connectivity index (χ0) is 17.6. The molecule has 0 spiro atoms. The second kappa shape index (κ2) is 8.26. The van der Waals surface area contributed by atoms with E-state index in [0.29, 0.717) is 11.6 Å². The molecule has 0 bridgehead atoms. The lowest BCUT2D eigenvalue weighted by Gasteiger charge is -2.24. The number of benzene rings is 1. The molecule has 1 amide bonds. The summed E-state index contributed by atoms with van der Waals surface area (Å²) in [5, 5.41) is 11.6. The summed E-state index contributed by atoms with van der Waals surface area (Å²) in [6, 6.07) is 9.63. The zero-order valence-corrected chi connectivity index (χ0v) is 14.6. The number of thioether (sulfide) groups is 1. The molecule has 1 aromatic heterocycles. The molecule has 0 aliphatic rings. The molecule has 2 N–H and O–H groups in total.